The van der Waals surface area contributed by atoms with Gasteiger partial charge in [-0.25, -0.2) is 0 Å². The van der Waals surface area contributed by atoms with Crippen LogP contribution in [0.5, 0.6) is 0 Å². The molecule has 0 aromatic rings. The molecule has 0 aliphatic heterocycles. The summed E-state index contributed by atoms with van der Waals surface area (Å²) in [7, 11) is 1.16. The summed E-state index contributed by atoms with van der Waals surface area (Å²) in [6, 6.07) is 0. The van der Waals surface area contributed by atoms with Gasteiger partial charge in [0.05, 0.1) is 27.7 Å². The summed E-state index contributed by atoms with van der Waals surface area (Å²) in [6.07, 6.45) is 51.7. The zero-order valence-corrected chi connectivity index (χ0v) is 42.0. The number of esters is 2. The van der Waals surface area contributed by atoms with E-state index in [-0.39, 0.29) is 26.1 Å². The van der Waals surface area contributed by atoms with E-state index in [0.717, 1.165) is 51.4 Å². The number of ether oxygens (including phenoxy) is 2. The van der Waals surface area contributed by atoms with Gasteiger partial charge in [0.1, 0.15) is 19.8 Å². The van der Waals surface area contributed by atoms with Crippen LogP contribution in [0.1, 0.15) is 232 Å². The highest BCUT2D eigenvalue weighted by atomic mass is 31.2. The third-order valence-electron chi connectivity index (χ3n) is 11.2. The van der Waals surface area contributed by atoms with E-state index in [1.54, 1.807) is 0 Å². The Kier molecular flexibility index (Phi) is 43.2. The van der Waals surface area contributed by atoms with Gasteiger partial charge in [0.2, 0.25) is 0 Å². The largest absolute Gasteiger partial charge is 0.756 e. The number of quaternary nitrogens is 1. The number of carbonyl (C=O) groups is 2. The standard InChI is InChI=1S/C52H98NO8P/c1-6-8-10-12-14-16-18-20-22-24-25-26-27-29-31-33-35-37-39-41-43-45-52(55)61-50(49-60-62(56,57)59-47-46-53(3,4)5)48-58-51(54)44-42-40-38-36-34-32-30-28-23-21-19-17-15-13-11-9-7-2/h15,17,21,23,30,32,50H,6-14,16,18-20,22,24-29,31,33-49H2,1-5H3/b17-15+,23-21+,32-30+/t50-/m1/s1. The van der Waals surface area contributed by atoms with Gasteiger partial charge < -0.3 is 27.9 Å². The number of hydrogen-bond donors (Lipinski definition) is 0. The zero-order valence-electron chi connectivity index (χ0n) is 41.1. The van der Waals surface area contributed by atoms with Crippen molar-refractivity contribution in [3.63, 3.8) is 0 Å². The van der Waals surface area contributed by atoms with Gasteiger partial charge in [-0.1, -0.05) is 204 Å². The van der Waals surface area contributed by atoms with Crippen LogP contribution >= 0.6 is 7.82 Å². The lowest BCUT2D eigenvalue weighted by molar-refractivity contribution is -0.870. The Morgan fingerprint density at radius 1 is 0.500 bits per heavy atom. The first-order valence-electron chi connectivity index (χ1n) is 25.7. The monoisotopic (exact) mass is 896 g/mol. The van der Waals surface area contributed by atoms with E-state index in [2.05, 4.69) is 50.3 Å². The molecule has 0 rings (SSSR count). The third-order valence-corrected chi connectivity index (χ3v) is 12.1. The van der Waals surface area contributed by atoms with E-state index >= 15 is 0 Å². The SMILES string of the molecule is CCCCC/C=C/C/C=C/C/C=C/CCCCCCC(=O)OC[C@H](COP(=O)([O-])OCC[N+](C)(C)C)OC(=O)CCCCCCCCCCCCCCCCCCCCCCC. The third kappa shape index (κ3) is 47.7. The highest BCUT2D eigenvalue weighted by Gasteiger charge is 2.21. The molecule has 0 spiro atoms. The van der Waals surface area contributed by atoms with Crippen molar-refractivity contribution >= 4 is 19.8 Å². The summed E-state index contributed by atoms with van der Waals surface area (Å²) in [5, 5.41) is 0. The second-order valence-corrected chi connectivity index (χ2v) is 20.0. The Morgan fingerprint density at radius 2 is 0.871 bits per heavy atom. The van der Waals surface area contributed by atoms with E-state index in [0.29, 0.717) is 23.9 Å². The molecule has 9 nitrogen and oxygen atoms in total. The number of hydrogen-bond acceptors (Lipinski definition) is 8. The van der Waals surface area contributed by atoms with Crippen molar-refractivity contribution in [2.75, 3.05) is 47.5 Å². The Labute approximate surface area is 382 Å². The van der Waals surface area contributed by atoms with Gasteiger partial charge in [-0.2, -0.15) is 0 Å². The lowest BCUT2D eigenvalue weighted by Crippen LogP contribution is -2.37. The summed E-state index contributed by atoms with van der Waals surface area (Å²) in [5.41, 5.74) is 0. The average molecular weight is 896 g/mol. The second kappa shape index (κ2) is 44.4. The molecule has 0 radical (unpaired) electrons. The van der Waals surface area contributed by atoms with Gasteiger partial charge in [0.15, 0.2) is 6.10 Å². The van der Waals surface area contributed by atoms with Crippen molar-refractivity contribution in [2.45, 2.75) is 238 Å². The summed E-state index contributed by atoms with van der Waals surface area (Å²) < 4.78 is 34.0. The molecule has 0 heterocycles. The first-order chi connectivity index (χ1) is 30.0. The van der Waals surface area contributed by atoms with Gasteiger partial charge in [-0.15, -0.1) is 0 Å². The maximum Gasteiger partial charge on any atom is 0.306 e. The molecule has 0 aromatic carbocycles. The fourth-order valence-corrected chi connectivity index (χ4v) is 7.86. The van der Waals surface area contributed by atoms with Gasteiger partial charge in [-0.3, -0.25) is 14.2 Å². The predicted octanol–water partition coefficient (Wildman–Crippen LogP) is 14.6. The molecule has 0 amide bonds. The lowest BCUT2D eigenvalue weighted by Gasteiger charge is -2.28. The number of rotatable bonds is 47. The molecule has 0 N–H and O–H groups in total. The summed E-state index contributed by atoms with van der Waals surface area (Å²) >= 11 is 0. The Hall–Kier alpha value is -1.77. The number of allylic oxidation sites excluding steroid dienone is 6. The summed E-state index contributed by atoms with van der Waals surface area (Å²) in [4.78, 5) is 37.7. The fraction of sp³-hybridized carbons (Fsp3) is 0.846. The lowest BCUT2D eigenvalue weighted by atomic mass is 10.0. The summed E-state index contributed by atoms with van der Waals surface area (Å²) in [5.74, 6) is -0.850. The van der Waals surface area contributed by atoms with E-state index in [4.69, 9.17) is 18.5 Å². The number of likely N-dealkylation sites (N-methyl/N-ethyl adjacent to an activating group) is 1. The van der Waals surface area contributed by atoms with Crippen LogP contribution in [0, 0.1) is 0 Å². The van der Waals surface area contributed by atoms with Crippen LogP contribution in [0.25, 0.3) is 0 Å². The van der Waals surface area contributed by atoms with Gasteiger partial charge in [0.25, 0.3) is 7.82 Å². The highest BCUT2D eigenvalue weighted by molar-refractivity contribution is 7.45. The van der Waals surface area contributed by atoms with Gasteiger partial charge in [-0.05, 0) is 51.4 Å². The van der Waals surface area contributed by atoms with Crippen LogP contribution in [0.2, 0.25) is 0 Å². The molecule has 0 bridgehead atoms. The fourth-order valence-electron chi connectivity index (χ4n) is 7.13. The molecule has 0 aliphatic carbocycles. The quantitative estimate of drug-likeness (QED) is 0.0195. The molecule has 364 valence electrons. The first kappa shape index (κ1) is 60.2. The Balaban J connectivity index is 4.26. The topological polar surface area (TPSA) is 111 Å². The number of phosphoric ester groups is 1. The molecule has 0 saturated heterocycles. The molecule has 0 fully saturated rings. The number of phosphoric acid groups is 1. The normalized spacial score (nSPS) is 13.7. The van der Waals surface area contributed by atoms with Crippen LogP contribution in [0.4, 0.5) is 0 Å². The molecule has 2 atom stereocenters. The van der Waals surface area contributed by atoms with E-state index in [1.807, 2.05) is 21.1 Å². The van der Waals surface area contributed by atoms with Crippen LogP contribution in [-0.2, 0) is 32.7 Å². The van der Waals surface area contributed by atoms with Crippen molar-refractivity contribution in [3.05, 3.63) is 36.5 Å². The number of carbonyl (C=O) groups excluding carboxylic acids is 2. The van der Waals surface area contributed by atoms with E-state index in [9.17, 15) is 19.0 Å². The van der Waals surface area contributed by atoms with Crippen molar-refractivity contribution in [2.24, 2.45) is 0 Å². The molecule has 1 unspecified atom stereocenters. The van der Waals surface area contributed by atoms with Crippen molar-refractivity contribution in [1.29, 1.82) is 0 Å². The van der Waals surface area contributed by atoms with Crippen LogP contribution in [0.15, 0.2) is 36.5 Å². The maximum atomic E-state index is 12.7. The zero-order chi connectivity index (χ0) is 45.7. The minimum Gasteiger partial charge on any atom is -0.756 e. The second-order valence-electron chi connectivity index (χ2n) is 18.5. The van der Waals surface area contributed by atoms with Crippen molar-refractivity contribution < 1.29 is 42.1 Å². The molecule has 0 aromatic heterocycles. The van der Waals surface area contributed by atoms with Crippen LogP contribution < -0.4 is 4.89 Å². The highest BCUT2D eigenvalue weighted by Crippen LogP contribution is 2.38. The van der Waals surface area contributed by atoms with Gasteiger partial charge in [0, 0.05) is 12.8 Å². The molecule has 10 heteroatoms. The van der Waals surface area contributed by atoms with Crippen molar-refractivity contribution in [3.8, 4) is 0 Å². The average Bonchev–Trinajstić information content (AvgIpc) is 3.23. The predicted molar refractivity (Wildman–Crippen MR) is 259 cm³/mol. The number of unbranched alkanes of at least 4 members (excludes halogenated alkanes) is 27. The molecule has 62 heavy (non-hydrogen) atoms. The maximum absolute atomic E-state index is 12.7. The van der Waals surface area contributed by atoms with E-state index < -0.39 is 32.5 Å². The van der Waals surface area contributed by atoms with E-state index in [1.165, 1.54) is 141 Å². The Bertz CT molecular complexity index is 1150. The number of nitrogens with zero attached hydrogens (tertiary/aromatic N) is 1. The Morgan fingerprint density at radius 3 is 1.32 bits per heavy atom. The minimum atomic E-state index is -4.63. The minimum absolute atomic E-state index is 0.0335. The smallest absolute Gasteiger partial charge is 0.306 e. The van der Waals surface area contributed by atoms with Gasteiger partial charge >= 0.3 is 11.9 Å². The van der Waals surface area contributed by atoms with Crippen LogP contribution in [-0.4, -0.2) is 70.0 Å². The summed E-state index contributed by atoms with van der Waals surface area (Å²) in [6.45, 7) is 4.21. The molecule has 0 aliphatic rings. The first-order valence-corrected chi connectivity index (χ1v) is 27.2. The molecular weight excluding hydrogens is 798 g/mol. The van der Waals surface area contributed by atoms with Crippen LogP contribution in [0.3, 0.4) is 0 Å². The molecule has 0 saturated carbocycles. The van der Waals surface area contributed by atoms with Crippen molar-refractivity contribution in [1.82, 2.24) is 0 Å². The molecular formula is C52H98NO8P.